The van der Waals surface area contributed by atoms with Gasteiger partial charge in [0.2, 0.25) is 0 Å². The van der Waals surface area contributed by atoms with Crippen LogP contribution in [-0.4, -0.2) is 10.2 Å². The van der Waals surface area contributed by atoms with Crippen molar-refractivity contribution in [1.29, 1.82) is 5.26 Å². The number of hydrogen-bond donors (Lipinski definition) is 0. The van der Waals surface area contributed by atoms with E-state index in [9.17, 15) is 0 Å². The molecule has 0 fully saturated rings. The molecule has 0 aromatic heterocycles. The molecule has 11 heavy (non-hydrogen) atoms. The lowest BCUT2D eigenvalue weighted by atomic mass is 10.1. The Kier molecular flexibility index (Phi) is 8.90. The topological polar surface area (TPSA) is 23.8 Å². The quantitative estimate of drug-likeness (QED) is 0.539. The predicted molar refractivity (Wildman–Crippen MR) is 55.2 cm³/mol. The highest BCUT2D eigenvalue weighted by Gasteiger charge is 2.01. The Labute approximate surface area is 85.4 Å². The molecular weight excluding hydrogens is 270 g/mol. The highest BCUT2D eigenvalue weighted by Crippen LogP contribution is 2.14. The molecule has 0 amide bonds. The fraction of sp³-hybridized carbons (Fsp3) is 0.875. The molecule has 0 N–H and O–H groups in total. The van der Waals surface area contributed by atoms with Crippen molar-refractivity contribution in [3.8, 4) is 6.07 Å². The second-order valence-electron chi connectivity index (χ2n) is 2.50. The normalized spacial score (nSPS) is 12.5. The van der Waals surface area contributed by atoms with E-state index in [0.29, 0.717) is 11.2 Å². The van der Waals surface area contributed by atoms with E-state index in [0.717, 1.165) is 11.8 Å². The second kappa shape index (κ2) is 8.55. The number of nitrogens with zero attached hydrogens (tertiary/aromatic N) is 1. The summed E-state index contributed by atoms with van der Waals surface area (Å²) in [4.78, 5) is 0.405. The van der Waals surface area contributed by atoms with Crippen LogP contribution in [0.1, 0.15) is 32.1 Å². The summed E-state index contributed by atoms with van der Waals surface area (Å²) in [7, 11) is 0. The summed E-state index contributed by atoms with van der Waals surface area (Å²) in [6.45, 7) is 0. The van der Waals surface area contributed by atoms with E-state index >= 15 is 0 Å². The van der Waals surface area contributed by atoms with Gasteiger partial charge in [0.1, 0.15) is 0 Å². The first-order valence-electron chi connectivity index (χ1n) is 3.88. The van der Waals surface area contributed by atoms with Gasteiger partial charge in [-0.2, -0.15) is 5.26 Å². The lowest BCUT2D eigenvalue weighted by molar-refractivity contribution is 0.658. The Hall–Kier alpha value is 0.450. The van der Waals surface area contributed by atoms with Crippen LogP contribution in [0.2, 0.25) is 0 Å². The van der Waals surface area contributed by atoms with Crippen LogP contribution >= 0.6 is 31.9 Å². The number of rotatable bonds is 6. The van der Waals surface area contributed by atoms with Gasteiger partial charge in [-0.05, 0) is 12.8 Å². The molecule has 0 aromatic rings. The van der Waals surface area contributed by atoms with Crippen molar-refractivity contribution in [1.82, 2.24) is 0 Å². The second-order valence-corrected chi connectivity index (χ2v) is 4.59. The molecule has 1 atom stereocenters. The van der Waals surface area contributed by atoms with Gasteiger partial charge >= 0.3 is 0 Å². The van der Waals surface area contributed by atoms with E-state index in [4.69, 9.17) is 5.26 Å². The Bertz CT molecular complexity index is 120. The Morgan fingerprint density at radius 1 is 1.27 bits per heavy atom. The average molecular weight is 283 g/mol. The molecule has 3 heteroatoms. The smallest absolute Gasteiger partial charge is 0.0633 e. The van der Waals surface area contributed by atoms with Crippen molar-refractivity contribution in [2.75, 3.05) is 5.33 Å². The van der Waals surface area contributed by atoms with Crippen LogP contribution in [0, 0.1) is 11.3 Å². The van der Waals surface area contributed by atoms with Crippen LogP contribution in [0.5, 0.6) is 0 Å². The van der Waals surface area contributed by atoms with E-state index in [-0.39, 0.29) is 0 Å². The zero-order valence-corrected chi connectivity index (χ0v) is 9.70. The number of unbranched alkanes of at least 4 members (excludes halogenated alkanes) is 2. The van der Waals surface area contributed by atoms with Crippen LogP contribution in [0.25, 0.3) is 0 Å². The van der Waals surface area contributed by atoms with Crippen molar-refractivity contribution in [3.63, 3.8) is 0 Å². The van der Waals surface area contributed by atoms with Crippen molar-refractivity contribution in [2.24, 2.45) is 0 Å². The molecule has 0 radical (unpaired) electrons. The molecular formula is C8H13Br2N. The molecule has 0 aromatic carbocycles. The van der Waals surface area contributed by atoms with Gasteiger partial charge in [-0.25, -0.2) is 0 Å². The lowest BCUT2D eigenvalue weighted by Gasteiger charge is -2.03. The summed E-state index contributed by atoms with van der Waals surface area (Å²) < 4.78 is 0. The first-order chi connectivity index (χ1) is 5.31. The molecule has 0 aliphatic rings. The van der Waals surface area contributed by atoms with Crippen LogP contribution < -0.4 is 0 Å². The van der Waals surface area contributed by atoms with Crippen molar-refractivity contribution in [3.05, 3.63) is 0 Å². The summed E-state index contributed by atoms with van der Waals surface area (Å²) in [5.41, 5.74) is 0. The van der Waals surface area contributed by atoms with Crippen LogP contribution in [-0.2, 0) is 0 Å². The van der Waals surface area contributed by atoms with Gasteiger partial charge in [0.15, 0.2) is 0 Å². The molecule has 0 saturated carbocycles. The number of halogens is 2. The molecule has 0 bridgehead atoms. The SMILES string of the molecule is N#CCC(Br)CCCCCBr. The van der Waals surface area contributed by atoms with Crippen LogP contribution in [0.4, 0.5) is 0 Å². The van der Waals surface area contributed by atoms with Gasteiger partial charge in [-0.1, -0.05) is 44.7 Å². The molecule has 1 unspecified atom stereocenters. The largest absolute Gasteiger partial charge is 0.198 e. The Morgan fingerprint density at radius 2 is 2.00 bits per heavy atom. The Morgan fingerprint density at radius 3 is 2.55 bits per heavy atom. The lowest BCUT2D eigenvalue weighted by Crippen LogP contribution is -1.95. The summed E-state index contributed by atoms with van der Waals surface area (Å²) in [5, 5.41) is 9.45. The van der Waals surface area contributed by atoms with Gasteiger partial charge < -0.3 is 0 Å². The van der Waals surface area contributed by atoms with E-state index in [1.165, 1.54) is 19.3 Å². The minimum atomic E-state index is 0.405. The maximum atomic E-state index is 8.35. The maximum Gasteiger partial charge on any atom is 0.0633 e. The van der Waals surface area contributed by atoms with Gasteiger partial charge in [-0.15, -0.1) is 0 Å². The minimum absolute atomic E-state index is 0.405. The van der Waals surface area contributed by atoms with Crippen molar-refractivity contribution < 1.29 is 0 Å². The van der Waals surface area contributed by atoms with E-state index in [1.54, 1.807) is 0 Å². The fourth-order valence-corrected chi connectivity index (χ4v) is 1.70. The summed E-state index contributed by atoms with van der Waals surface area (Å²) >= 11 is 6.84. The first kappa shape index (κ1) is 11.4. The molecule has 0 aliphatic carbocycles. The average Bonchev–Trinajstić information content (AvgIpc) is 1.99. The highest BCUT2D eigenvalue weighted by molar-refractivity contribution is 9.09. The van der Waals surface area contributed by atoms with Gasteiger partial charge in [0.25, 0.3) is 0 Å². The van der Waals surface area contributed by atoms with Gasteiger partial charge in [0.05, 0.1) is 6.07 Å². The maximum absolute atomic E-state index is 8.35. The van der Waals surface area contributed by atoms with E-state index in [2.05, 4.69) is 37.9 Å². The zero-order valence-electron chi connectivity index (χ0n) is 6.52. The summed E-state index contributed by atoms with van der Waals surface area (Å²) in [5.74, 6) is 0. The van der Waals surface area contributed by atoms with Crippen molar-refractivity contribution in [2.45, 2.75) is 36.9 Å². The summed E-state index contributed by atoms with van der Waals surface area (Å²) in [6.07, 6.45) is 5.49. The molecule has 0 heterocycles. The number of nitriles is 1. The van der Waals surface area contributed by atoms with Crippen LogP contribution in [0.3, 0.4) is 0 Å². The molecule has 0 saturated heterocycles. The highest BCUT2D eigenvalue weighted by atomic mass is 79.9. The monoisotopic (exact) mass is 281 g/mol. The third-order valence-electron chi connectivity index (χ3n) is 1.46. The summed E-state index contributed by atoms with van der Waals surface area (Å²) in [6, 6.07) is 2.15. The predicted octanol–water partition coefficient (Wildman–Crippen LogP) is 3.62. The molecule has 1 nitrogen and oxygen atoms in total. The Balaban J connectivity index is 3.05. The first-order valence-corrected chi connectivity index (χ1v) is 5.92. The minimum Gasteiger partial charge on any atom is -0.198 e. The van der Waals surface area contributed by atoms with Gasteiger partial charge in [0, 0.05) is 16.6 Å². The fourth-order valence-electron chi connectivity index (χ4n) is 0.838. The number of alkyl halides is 2. The third-order valence-corrected chi connectivity index (χ3v) is 2.81. The molecule has 0 spiro atoms. The van der Waals surface area contributed by atoms with Crippen LogP contribution in [0.15, 0.2) is 0 Å². The molecule has 64 valence electrons. The number of hydrogen-bond acceptors (Lipinski definition) is 1. The molecule has 0 rings (SSSR count). The van der Waals surface area contributed by atoms with E-state index in [1.807, 2.05) is 0 Å². The third kappa shape index (κ3) is 8.36. The van der Waals surface area contributed by atoms with Gasteiger partial charge in [-0.3, -0.25) is 0 Å². The van der Waals surface area contributed by atoms with E-state index < -0.39 is 0 Å². The molecule has 0 aliphatic heterocycles. The van der Waals surface area contributed by atoms with Crippen molar-refractivity contribution >= 4 is 31.9 Å². The standard InChI is InChI=1S/C8H13Br2N/c9-6-3-1-2-4-8(10)5-7-11/h8H,1-6H2. The zero-order chi connectivity index (χ0) is 8.53.